The molecule has 152 valence electrons. The molecule has 2 aromatic carbocycles. The van der Waals surface area contributed by atoms with Crippen LogP contribution in [0.4, 0.5) is 0 Å². The van der Waals surface area contributed by atoms with Crippen LogP contribution in [-0.4, -0.2) is 20.5 Å². The quantitative estimate of drug-likeness (QED) is 0.273. The van der Waals surface area contributed by atoms with Crippen molar-refractivity contribution in [1.29, 1.82) is 0 Å². The van der Waals surface area contributed by atoms with Gasteiger partial charge < -0.3 is 4.57 Å². The number of carbonyl (C=O) groups excluding carboxylic acids is 1. The van der Waals surface area contributed by atoms with Crippen molar-refractivity contribution in [3.05, 3.63) is 99.0 Å². The molecule has 0 N–H and O–H groups in total. The van der Waals surface area contributed by atoms with Gasteiger partial charge in [0.15, 0.2) is 10.9 Å². The van der Waals surface area contributed by atoms with Crippen LogP contribution in [0.3, 0.4) is 0 Å². The first-order valence-corrected chi connectivity index (χ1v) is 11.5. The molecule has 0 fully saturated rings. The molecule has 0 aliphatic heterocycles. The third-order valence-corrected chi connectivity index (χ3v) is 7.18. The van der Waals surface area contributed by atoms with Crippen molar-refractivity contribution < 1.29 is 4.79 Å². The van der Waals surface area contributed by atoms with Gasteiger partial charge >= 0.3 is 0 Å². The number of ketones is 1. The van der Waals surface area contributed by atoms with Crippen LogP contribution in [-0.2, 0) is 13.5 Å². The summed E-state index contributed by atoms with van der Waals surface area (Å²) in [4.78, 5) is 14.7. The molecular formula is C24H23N3OS2. The molecule has 2 heterocycles. The van der Waals surface area contributed by atoms with Gasteiger partial charge in [0.25, 0.3) is 0 Å². The van der Waals surface area contributed by atoms with Crippen molar-refractivity contribution in [1.82, 2.24) is 14.8 Å². The standard InChI is InChI=1S/C24H23N3OS2/c1-16-6-10-18(11-7-16)22(28)23(19-12-8-17(2)9-13-19)30-24-26-25-21(27(24)3)15-20-5-4-14-29-20/h4-14,23H,15H2,1-3H3. The van der Waals surface area contributed by atoms with E-state index in [4.69, 9.17) is 0 Å². The van der Waals surface area contributed by atoms with E-state index < -0.39 is 0 Å². The lowest BCUT2D eigenvalue weighted by Gasteiger charge is -2.16. The lowest BCUT2D eigenvalue weighted by Crippen LogP contribution is -2.11. The van der Waals surface area contributed by atoms with Gasteiger partial charge in [0, 0.05) is 23.9 Å². The number of aromatic nitrogens is 3. The van der Waals surface area contributed by atoms with E-state index in [1.165, 1.54) is 22.2 Å². The summed E-state index contributed by atoms with van der Waals surface area (Å²) in [6, 6.07) is 20.0. The molecular weight excluding hydrogens is 410 g/mol. The highest BCUT2D eigenvalue weighted by Crippen LogP contribution is 2.37. The average molecular weight is 434 g/mol. The largest absolute Gasteiger partial charge is 0.309 e. The Morgan fingerprint density at radius 3 is 2.30 bits per heavy atom. The molecule has 4 aromatic rings. The normalized spacial score (nSPS) is 12.1. The van der Waals surface area contributed by atoms with Crippen LogP contribution in [0.15, 0.2) is 71.2 Å². The summed E-state index contributed by atoms with van der Waals surface area (Å²) in [5.41, 5.74) is 3.98. The van der Waals surface area contributed by atoms with Crippen molar-refractivity contribution in [3.8, 4) is 0 Å². The van der Waals surface area contributed by atoms with Gasteiger partial charge in [0.05, 0.1) is 0 Å². The van der Waals surface area contributed by atoms with Gasteiger partial charge in [-0.2, -0.15) is 0 Å². The Labute approximate surface area is 185 Å². The van der Waals surface area contributed by atoms with Gasteiger partial charge in [-0.05, 0) is 30.9 Å². The Morgan fingerprint density at radius 2 is 1.67 bits per heavy atom. The molecule has 2 aromatic heterocycles. The molecule has 0 amide bonds. The summed E-state index contributed by atoms with van der Waals surface area (Å²) in [6.45, 7) is 4.07. The molecule has 0 bridgehead atoms. The van der Waals surface area contributed by atoms with Gasteiger partial charge in [-0.15, -0.1) is 21.5 Å². The summed E-state index contributed by atoms with van der Waals surface area (Å²) in [5, 5.41) is 11.2. The van der Waals surface area contributed by atoms with E-state index >= 15 is 0 Å². The highest BCUT2D eigenvalue weighted by atomic mass is 32.2. The zero-order valence-electron chi connectivity index (χ0n) is 17.2. The van der Waals surface area contributed by atoms with Crippen LogP contribution in [0.5, 0.6) is 0 Å². The number of rotatable bonds is 7. The molecule has 6 heteroatoms. The number of thiophene rings is 1. The number of carbonyl (C=O) groups is 1. The third-order valence-electron chi connectivity index (χ3n) is 5.02. The Morgan fingerprint density at radius 1 is 1.00 bits per heavy atom. The second kappa shape index (κ2) is 8.98. The lowest BCUT2D eigenvalue weighted by atomic mass is 10.0. The maximum absolute atomic E-state index is 13.4. The fourth-order valence-electron chi connectivity index (χ4n) is 3.16. The predicted octanol–water partition coefficient (Wildman–Crippen LogP) is 5.80. The fourth-order valence-corrected chi connectivity index (χ4v) is 4.96. The summed E-state index contributed by atoms with van der Waals surface area (Å²) in [6.07, 6.45) is 0.739. The van der Waals surface area contributed by atoms with Crippen molar-refractivity contribution in [2.75, 3.05) is 0 Å². The number of benzene rings is 2. The highest BCUT2D eigenvalue weighted by Gasteiger charge is 2.26. The van der Waals surface area contributed by atoms with Crippen molar-refractivity contribution in [2.24, 2.45) is 7.05 Å². The van der Waals surface area contributed by atoms with Crippen molar-refractivity contribution in [2.45, 2.75) is 30.7 Å². The van der Waals surface area contributed by atoms with Gasteiger partial charge in [-0.3, -0.25) is 4.79 Å². The minimum atomic E-state index is -0.384. The highest BCUT2D eigenvalue weighted by molar-refractivity contribution is 8.00. The van der Waals surface area contributed by atoms with Crippen LogP contribution in [0.2, 0.25) is 0 Å². The molecule has 0 spiro atoms. The molecule has 4 rings (SSSR count). The SMILES string of the molecule is Cc1ccc(C(=O)C(Sc2nnc(Cc3cccs3)n2C)c2ccc(C)cc2)cc1. The lowest BCUT2D eigenvalue weighted by molar-refractivity contribution is 0.0989. The predicted molar refractivity (Wildman–Crippen MR) is 123 cm³/mol. The maximum Gasteiger partial charge on any atom is 0.192 e. The molecule has 0 saturated carbocycles. The number of hydrogen-bond donors (Lipinski definition) is 0. The zero-order valence-corrected chi connectivity index (χ0v) is 18.8. The smallest absolute Gasteiger partial charge is 0.192 e. The van der Waals surface area contributed by atoms with E-state index in [-0.39, 0.29) is 11.0 Å². The molecule has 4 nitrogen and oxygen atoms in total. The first kappa shape index (κ1) is 20.6. The second-order valence-corrected chi connectivity index (χ2v) is 9.46. The Balaban J connectivity index is 1.65. The van der Waals surface area contributed by atoms with Crippen molar-refractivity contribution in [3.63, 3.8) is 0 Å². The Hall–Kier alpha value is -2.70. The van der Waals surface area contributed by atoms with E-state index in [1.54, 1.807) is 11.3 Å². The molecule has 0 aliphatic carbocycles. The molecule has 0 aliphatic rings. The molecule has 0 saturated heterocycles. The second-order valence-electron chi connectivity index (χ2n) is 7.35. The first-order valence-electron chi connectivity index (χ1n) is 9.76. The van der Waals surface area contributed by atoms with E-state index in [0.717, 1.165) is 28.5 Å². The summed E-state index contributed by atoms with van der Waals surface area (Å²) in [7, 11) is 1.97. The molecule has 1 unspecified atom stereocenters. The van der Waals surface area contributed by atoms with E-state index in [9.17, 15) is 4.79 Å². The molecule has 30 heavy (non-hydrogen) atoms. The molecule has 0 radical (unpaired) electrons. The summed E-state index contributed by atoms with van der Waals surface area (Å²) >= 11 is 3.17. The van der Waals surface area contributed by atoms with E-state index in [1.807, 2.05) is 80.1 Å². The number of aryl methyl sites for hydroxylation is 2. The van der Waals surface area contributed by atoms with E-state index in [0.29, 0.717) is 5.56 Å². The van der Waals surface area contributed by atoms with Gasteiger partial charge in [-0.25, -0.2) is 0 Å². The van der Waals surface area contributed by atoms with Crippen LogP contribution < -0.4 is 0 Å². The van der Waals surface area contributed by atoms with Crippen molar-refractivity contribution >= 4 is 28.9 Å². The minimum absolute atomic E-state index is 0.0756. The number of nitrogens with zero attached hydrogens (tertiary/aromatic N) is 3. The van der Waals surface area contributed by atoms with Crippen LogP contribution in [0, 0.1) is 13.8 Å². The third kappa shape index (κ3) is 4.55. The van der Waals surface area contributed by atoms with Gasteiger partial charge in [0.2, 0.25) is 0 Å². The summed E-state index contributed by atoms with van der Waals surface area (Å²) < 4.78 is 1.99. The van der Waals surface area contributed by atoms with Gasteiger partial charge in [-0.1, -0.05) is 77.5 Å². The van der Waals surface area contributed by atoms with Gasteiger partial charge in [0.1, 0.15) is 11.1 Å². The Kier molecular flexibility index (Phi) is 6.16. The van der Waals surface area contributed by atoms with Crippen LogP contribution in [0.1, 0.15) is 43.0 Å². The minimum Gasteiger partial charge on any atom is -0.309 e. The number of Topliss-reactive ketones (excluding diaryl/α,β-unsaturated/α-hetero) is 1. The fraction of sp³-hybridized carbons (Fsp3) is 0.208. The zero-order chi connectivity index (χ0) is 21.1. The van der Waals surface area contributed by atoms with E-state index in [2.05, 4.69) is 21.6 Å². The number of hydrogen-bond acceptors (Lipinski definition) is 5. The monoisotopic (exact) mass is 433 g/mol. The van der Waals surface area contributed by atoms with Crippen LogP contribution in [0.25, 0.3) is 0 Å². The first-order chi connectivity index (χ1) is 14.5. The maximum atomic E-state index is 13.4. The average Bonchev–Trinajstić information content (AvgIpc) is 3.38. The summed E-state index contributed by atoms with van der Waals surface area (Å²) in [5.74, 6) is 0.969. The Bertz CT molecular complexity index is 1130. The number of thioether (sulfide) groups is 1. The topological polar surface area (TPSA) is 47.8 Å². The molecule has 1 atom stereocenters. The van der Waals surface area contributed by atoms with Crippen LogP contribution >= 0.6 is 23.1 Å².